The van der Waals surface area contributed by atoms with E-state index in [0.717, 1.165) is 5.39 Å². The van der Waals surface area contributed by atoms with Gasteiger partial charge >= 0.3 is 5.97 Å². The van der Waals surface area contributed by atoms with Crippen molar-refractivity contribution in [1.82, 2.24) is 4.57 Å². The predicted octanol–water partition coefficient (Wildman–Crippen LogP) is 1.80. The van der Waals surface area contributed by atoms with Crippen molar-refractivity contribution in [3.8, 4) is 6.07 Å². The quantitative estimate of drug-likeness (QED) is 0.908. The van der Waals surface area contributed by atoms with E-state index in [1.165, 1.54) is 4.57 Å². The summed E-state index contributed by atoms with van der Waals surface area (Å²) >= 11 is 0. The SMILES string of the molecule is Cn1c(=O)c(C#N)c(N2CCC(F)(C(=O)O)CC2)c2ccccc21. The van der Waals surface area contributed by atoms with Gasteiger partial charge in [-0.1, -0.05) is 18.2 Å². The van der Waals surface area contributed by atoms with Crippen molar-refractivity contribution >= 4 is 22.6 Å². The van der Waals surface area contributed by atoms with E-state index in [9.17, 15) is 19.2 Å². The topological polar surface area (TPSA) is 86.3 Å². The molecule has 0 bridgehead atoms. The summed E-state index contributed by atoms with van der Waals surface area (Å²) in [7, 11) is 1.60. The van der Waals surface area contributed by atoms with Gasteiger partial charge in [0, 0.05) is 38.4 Å². The fourth-order valence-corrected chi connectivity index (χ4v) is 3.21. The van der Waals surface area contributed by atoms with E-state index in [-0.39, 0.29) is 31.5 Å². The molecule has 2 aromatic rings. The van der Waals surface area contributed by atoms with Crippen molar-refractivity contribution in [3.05, 3.63) is 40.2 Å². The van der Waals surface area contributed by atoms with Crippen LogP contribution in [0.15, 0.2) is 29.1 Å². The van der Waals surface area contributed by atoms with E-state index in [1.54, 1.807) is 36.2 Å². The number of carboxylic acid groups (broad SMARTS) is 1. The first kappa shape index (κ1) is 16.0. The summed E-state index contributed by atoms with van der Waals surface area (Å²) in [5.41, 5.74) is -1.53. The number of nitriles is 1. The first-order valence-electron chi connectivity index (χ1n) is 7.58. The van der Waals surface area contributed by atoms with E-state index >= 15 is 0 Å². The number of aryl methyl sites for hydroxylation is 1. The van der Waals surface area contributed by atoms with Crippen LogP contribution in [0.1, 0.15) is 18.4 Å². The highest BCUT2D eigenvalue weighted by Gasteiger charge is 2.42. The molecule has 0 radical (unpaired) electrons. The number of carboxylic acids is 1. The second-order valence-electron chi connectivity index (χ2n) is 5.97. The molecule has 0 spiro atoms. The van der Waals surface area contributed by atoms with Crippen LogP contribution >= 0.6 is 0 Å². The lowest BCUT2D eigenvalue weighted by Gasteiger charge is -2.36. The number of benzene rings is 1. The Hall–Kier alpha value is -2.88. The molecule has 1 N–H and O–H groups in total. The molecule has 0 saturated carbocycles. The lowest BCUT2D eigenvalue weighted by molar-refractivity contribution is -0.152. The van der Waals surface area contributed by atoms with Crippen molar-refractivity contribution in [2.75, 3.05) is 18.0 Å². The molecule has 7 heteroatoms. The summed E-state index contributed by atoms with van der Waals surface area (Å²) in [4.78, 5) is 25.3. The molecule has 6 nitrogen and oxygen atoms in total. The van der Waals surface area contributed by atoms with Gasteiger partial charge in [-0.3, -0.25) is 4.79 Å². The molecule has 1 saturated heterocycles. The van der Waals surface area contributed by atoms with Crippen LogP contribution in [0.3, 0.4) is 0 Å². The minimum Gasteiger partial charge on any atom is -0.479 e. The summed E-state index contributed by atoms with van der Waals surface area (Å²) < 4.78 is 15.7. The second-order valence-corrected chi connectivity index (χ2v) is 5.97. The number of nitrogens with zero attached hydrogens (tertiary/aromatic N) is 3. The molecule has 0 aliphatic carbocycles. The van der Waals surface area contributed by atoms with Crippen molar-refractivity contribution in [1.29, 1.82) is 5.26 Å². The molecule has 0 unspecified atom stereocenters. The number of carbonyl (C=O) groups is 1. The maximum atomic E-state index is 14.3. The summed E-state index contributed by atoms with van der Waals surface area (Å²) in [5, 5.41) is 19.2. The summed E-state index contributed by atoms with van der Waals surface area (Å²) in [6.45, 7) is 0.267. The Balaban J connectivity index is 2.14. The number of aliphatic carboxylic acids is 1. The maximum absolute atomic E-state index is 14.3. The normalized spacial score (nSPS) is 16.8. The van der Waals surface area contributed by atoms with Crippen LogP contribution in [0.25, 0.3) is 10.9 Å². The zero-order valence-electron chi connectivity index (χ0n) is 13.1. The molecule has 1 fully saturated rings. The molecule has 0 amide bonds. The molecule has 0 atom stereocenters. The first-order valence-corrected chi connectivity index (χ1v) is 7.58. The standard InChI is InChI=1S/C17H16FN3O3/c1-20-13-5-3-2-4-11(13)14(12(10-19)15(20)22)21-8-6-17(18,7-9-21)16(23)24/h2-5H,6-9H2,1H3,(H,23,24). The average Bonchev–Trinajstić information content (AvgIpc) is 2.59. The monoisotopic (exact) mass is 329 g/mol. The van der Waals surface area contributed by atoms with Gasteiger partial charge in [0.1, 0.15) is 11.6 Å². The van der Waals surface area contributed by atoms with Crippen LogP contribution in [-0.4, -0.2) is 34.4 Å². The Labute approximate surface area is 137 Å². The minimum atomic E-state index is -2.25. The molecular formula is C17H16FN3O3. The third-order valence-electron chi connectivity index (χ3n) is 4.64. The molecule has 1 aliphatic rings. The molecule has 24 heavy (non-hydrogen) atoms. The fraction of sp³-hybridized carbons (Fsp3) is 0.353. The Morgan fingerprint density at radius 1 is 1.33 bits per heavy atom. The average molecular weight is 329 g/mol. The van der Waals surface area contributed by atoms with Crippen molar-refractivity contribution < 1.29 is 14.3 Å². The molecule has 1 aromatic heterocycles. The minimum absolute atomic E-state index is 0.00196. The number of halogens is 1. The van der Waals surface area contributed by atoms with Gasteiger partial charge < -0.3 is 14.6 Å². The highest BCUT2D eigenvalue weighted by Crippen LogP contribution is 2.34. The zero-order valence-corrected chi connectivity index (χ0v) is 13.1. The third-order valence-corrected chi connectivity index (χ3v) is 4.64. The number of pyridine rings is 1. The van der Waals surface area contributed by atoms with Gasteiger partial charge in [0.25, 0.3) is 5.56 Å². The zero-order chi connectivity index (χ0) is 17.5. The van der Waals surface area contributed by atoms with Crippen LogP contribution in [0.2, 0.25) is 0 Å². The van der Waals surface area contributed by atoms with Crippen LogP contribution in [0.4, 0.5) is 10.1 Å². The van der Waals surface area contributed by atoms with Gasteiger partial charge in [-0.25, -0.2) is 9.18 Å². The molecular weight excluding hydrogens is 313 g/mol. The highest BCUT2D eigenvalue weighted by molar-refractivity contribution is 5.95. The van der Waals surface area contributed by atoms with Gasteiger partial charge in [-0.15, -0.1) is 0 Å². The number of hydrogen-bond donors (Lipinski definition) is 1. The Kier molecular flexibility index (Phi) is 3.76. The van der Waals surface area contributed by atoms with Crippen molar-refractivity contribution in [2.24, 2.45) is 7.05 Å². The van der Waals surface area contributed by atoms with E-state index < -0.39 is 17.2 Å². The smallest absolute Gasteiger partial charge is 0.341 e. The largest absolute Gasteiger partial charge is 0.479 e. The lowest BCUT2D eigenvalue weighted by Crippen LogP contribution is -2.47. The fourth-order valence-electron chi connectivity index (χ4n) is 3.21. The number of alkyl halides is 1. The molecule has 1 aromatic carbocycles. The number of aromatic nitrogens is 1. The number of fused-ring (bicyclic) bond motifs is 1. The molecule has 124 valence electrons. The lowest BCUT2D eigenvalue weighted by atomic mass is 9.92. The van der Waals surface area contributed by atoms with E-state index in [4.69, 9.17) is 5.11 Å². The molecule has 2 heterocycles. The van der Waals surface area contributed by atoms with Gasteiger partial charge in [-0.05, 0) is 6.07 Å². The number of para-hydroxylation sites is 1. The number of anilines is 1. The second kappa shape index (κ2) is 5.64. The van der Waals surface area contributed by atoms with E-state index in [0.29, 0.717) is 11.2 Å². The highest BCUT2D eigenvalue weighted by atomic mass is 19.1. The number of hydrogen-bond acceptors (Lipinski definition) is 4. The Morgan fingerprint density at radius 2 is 1.96 bits per heavy atom. The molecule has 3 rings (SSSR count). The number of rotatable bonds is 2. The number of piperidine rings is 1. The Morgan fingerprint density at radius 3 is 2.54 bits per heavy atom. The van der Waals surface area contributed by atoms with Gasteiger partial charge in [0.05, 0.1) is 11.2 Å². The Bertz CT molecular complexity index is 921. The van der Waals surface area contributed by atoms with Crippen molar-refractivity contribution in [3.63, 3.8) is 0 Å². The predicted molar refractivity (Wildman–Crippen MR) is 86.8 cm³/mol. The van der Waals surface area contributed by atoms with Gasteiger partial charge in [0.2, 0.25) is 5.67 Å². The van der Waals surface area contributed by atoms with E-state index in [1.807, 2.05) is 6.07 Å². The van der Waals surface area contributed by atoms with Crippen molar-refractivity contribution in [2.45, 2.75) is 18.5 Å². The third kappa shape index (κ3) is 2.31. The maximum Gasteiger partial charge on any atom is 0.341 e. The van der Waals surface area contributed by atoms with Crippen LogP contribution in [0, 0.1) is 11.3 Å². The summed E-state index contributed by atoms with van der Waals surface area (Å²) in [6, 6.07) is 9.14. The van der Waals surface area contributed by atoms with Crippen LogP contribution in [-0.2, 0) is 11.8 Å². The summed E-state index contributed by atoms with van der Waals surface area (Å²) in [6.07, 6.45) is -0.368. The van der Waals surface area contributed by atoms with Crippen LogP contribution in [0.5, 0.6) is 0 Å². The van der Waals surface area contributed by atoms with Gasteiger partial charge in [-0.2, -0.15) is 5.26 Å². The summed E-state index contributed by atoms with van der Waals surface area (Å²) in [5.74, 6) is -1.46. The van der Waals surface area contributed by atoms with Crippen LogP contribution < -0.4 is 10.5 Å². The first-order chi connectivity index (χ1) is 11.4. The molecule has 1 aliphatic heterocycles. The van der Waals surface area contributed by atoms with Gasteiger partial charge in [0.15, 0.2) is 0 Å². The van der Waals surface area contributed by atoms with E-state index in [2.05, 4.69) is 0 Å².